The third-order valence-electron chi connectivity index (χ3n) is 5.46. The molecule has 8 nitrogen and oxygen atoms in total. The third-order valence-corrected chi connectivity index (χ3v) is 10.2. The molecule has 182 valence electrons. The molecule has 0 unspecified atom stereocenters. The number of thiophene rings is 1. The van der Waals surface area contributed by atoms with Crippen LogP contribution < -0.4 is 5.32 Å². The molecule has 1 amide bonds. The van der Waals surface area contributed by atoms with E-state index in [2.05, 4.69) is 5.32 Å². The van der Waals surface area contributed by atoms with Crippen LogP contribution in [0.15, 0.2) is 39.0 Å². The summed E-state index contributed by atoms with van der Waals surface area (Å²) in [5.74, 6) is -1.12. The lowest BCUT2D eigenvalue weighted by atomic mass is 9.97. The zero-order valence-corrected chi connectivity index (χ0v) is 22.3. The highest BCUT2D eigenvalue weighted by atomic mass is 32.2. The molecule has 0 bridgehead atoms. The number of carbonyl (C=O) groups is 2. The molecule has 1 fully saturated rings. The first-order chi connectivity index (χ1) is 16.2. The van der Waals surface area contributed by atoms with Crippen molar-refractivity contribution in [1.82, 2.24) is 4.31 Å². The van der Waals surface area contributed by atoms with Crippen molar-refractivity contribution in [3.05, 3.63) is 34.7 Å². The Balaban J connectivity index is 1.68. The van der Waals surface area contributed by atoms with Crippen LogP contribution in [0.2, 0.25) is 0 Å². The molecule has 1 aliphatic heterocycles. The number of nitrogens with one attached hydrogen (secondary N) is 1. The van der Waals surface area contributed by atoms with E-state index >= 15 is 0 Å². The normalized spacial score (nSPS) is 15.0. The topological polar surface area (TPSA) is 117 Å². The maximum atomic E-state index is 13.0. The molecular formula is C22H25N3O5S4. The number of thiocyanates is 1. The number of sulfonamides is 1. The summed E-state index contributed by atoms with van der Waals surface area (Å²) in [4.78, 5) is 27.3. The number of esters is 1. The monoisotopic (exact) mass is 539 g/mol. The number of benzene rings is 1. The molecule has 0 saturated carbocycles. The van der Waals surface area contributed by atoms with Crippen molar-refractivity contribution in [2.24, 2.45) is 5.92 Å². The number of nitriles is 1. The fourth-order valence-corrected chi connectivity index (χ4v) is 7.29. The van der Waals surface area contributed by atoms with Crippen LogP contribution in [0.4, 0.5) is 5.00 Å². The van der Waals surface area contributed by atoms with Crippen LogP contribution in [0.5, 0.6) is 0 Å². The van der Waals surface area contributed by atoms with Crippen molar-refractivity contribution in [3.8, 4) is 5.40 Å². The van der Waals surface area contributed by atoms with E-state index < -0.39 is 16.0 Å². The number of amides is 1. The van der Waals surface area contributed by atoms with E-state index in [4.69, 9.17) is 10.00 Å². The van der Waals surface area contributed by atoms with Crippen molar-refractivity contribution >= 4 is 61.8 Å². The molecular weight excluding hydrogens is 515 g/mol. The van der Waals surface area contributed by atoms with Gasteiger partial charge < -0.3 is 10.1 Å². The van der Waals surface area contributed by atoms with Crippen molar-refractivity contribution in [2.75, 3.05) is 31.3 Å². The summed E-state index contributed by atoms with van der Waals surface area (Å²) in [6.07, 6.45) is 2.68. The molecule has 1 aromatic heterocycles. The summed E-state index contributed by atoms with van der Waals surface area (Å²) in [5, 5.41) is 14.4. The third kappa shape index (κ3) is 5.78. The molecule has 1 aromatic carbocycles. The van der Waals surface area contributed by atoms with Crippen LogP contribution in [0.25, 0.3) is 0 Å². The Morgan fingerprint density at radius 2 is 1.91 bits per heavy atom. The minimum absolute atomic E-state index is 0.224. The molecule has 34 heavy (non-hydrogen) atoms. The zero-order valence-electron chi connectivity index (χ0n) is 19.0. The van der Waals surface area contributed by atoms with E-state index in [0.717, 1.165) is 28.0 Å². The van der Waals surface area contributed by atoms with E-state index in [0.29, 0.717) is 33.2 Å². The maximum Gasteiger partial charge on any atom is 0.348 e. The SMILES string of the molecule is CCOC(=O)c1sc(NC(=O)C2CCN(S(=O)(=O)c3ccc(SC)cc3)CC2)c(SC#N)c1C. The van der Waals surface area contributed by atoms with Gasteiger partial charge in [0.15, 0.2) is 0 Å². The lowest BCUT2D eigenvalue weighted by Gasteiger charge is -2.30. The van der Waals surface area contributed by atoms with Crippen molar-refractivity contribution in [1.29, 1.82) is 5.26 Å². The Morgan fingerprint density at radius 1 is 1.26 bits per heavy atom. The van der Waals surface area contributed by atoms with Gasteiger partial charge in [0.25, 0.3) is 0 Å². The van der Waals surface area contributed by atoms with Gasteiger partial charge in [-0.05, 0) is 74.5 Å². The second kappa shape index (κ2) is 11.6. The number of ether oxygens (including phenoxy) is 1. The molecule has 2 aromatic rings. The minimum Gasteiger partial charge on any atom is -0.462 e. The predicted octanol–water partition coefficient (Wildman–Crippen LogP) is 4.57. The van der Waals surface area contributed by atoms with Gasteiger partial charge in [-0.2, -0.15) is 9.57 Å². The van der Waals surface area contributed by atoms with Crippen LogP contribution in [-0.4, -0.2) is 50.6 Å². The fraction of sp³-hybridized carbons (Fsp3) is 0.409. The molecule has 0 atom stereocenters. The minimum atomic E-state index is -3.62. The summed E-state index contributed by atoms with van der Waals surface area (Å²) in [6, 6.07) is 6.77. The van der Waals surface area contributed by atoms with Gasteiger partial charge in [0, 0.05) is 23.9 Å². The molecule has 0 aliphatic carbocycles. The van der Waals surface area contributed by atoms with Gasteiger partial charge in [-0.1, -0.05) is 0 Å². The Morgan fingerprint density at radius 3 is 2.47 bits per heavy atom. The number of anilines is 1. The van der Waals surface area contributed by atoms with Gasteiger partial charge in [-0.25, -0.2) is 13.2 Å². The quantitative estimate of drug-likeness (QED) is 0.295. The number of hydrogen-bond donors (Lipinski definition) is 1. The molecule has 1 saturated heterocycles. The Labute approximate surface area is 212 Å². The summed E-state index contributed by atoms with van der Waals surface area (Å²) in [5.41, 5.74) is 0.596. The highest BCUT2D eigenvalue weighted by molar-refractivity contribution is 8.04. The predicted molar refractivity (Wildman–Crippen MR) is 135 cm³/mol. The maximum absolute atomic E-state index is 13.0. The van der Waals surface area contributed by atoms with E-state index in [1.54, 1.807) is 49.9 Å². The first kappa shape index (κ1) is 26.6. The first-order valence-corrected chi connectivity index (χ1v) is 14.8. The van der Waals surface area contributed by atoms with Gasteiger partial charge in [-0.15, -0.1) is 23.1 Å². The highest BCUT2D eigenvalue weighted by Gasteiger charge is 2.33. The van der Waals surface area contributed by atoms with Crippen LogP contribution >= 0.6 is 34.9 Å². The molecule has 0 radical (unpaired) electrons. The number of hydrogen-bond acceptors (Lipinski definition) is 9. The molecule has 3 rings (SSSR count). The number of nitrogens with zero attached hydrogens (tertiary/aromatic N) is 2. The zero-order chi connectivity index (χ0) is 24.9. The van der Waals surface area contributed by atoms with Gasteiger partial charge in [0.1, 0.15) is 15.3 Å². The average Bonchev–Trinajstić information content (AvgIpc) is 3.14. The van der Waals surface area contributed by atoms with Gasteiger partial charge in [0.05, 0.1) is 16.4 Å². The van der Waals surface area contributed by atoms with Crippen molar-refractivity contribution in [2.45, 2.75) is 41.4 Å². The Kier molecular flexibility index (Phi) is 9.06. The van der Waals surface area contributed by atoms with E-state index in [1.165, 1.54) is 4.31 Å². The van der Waals surface area contributed by atoms with Crippen molar-refractivity contribution in [3.63, 3.8) is 0 Å². The summed E-state index contributed by atoms with van der Waals surface area (Å²) < 4.78 is 32.4. The average molecular weight is 540 g/mol. The summed E-state index contributed by atoms with van der Waals surface area (Å²) in [6.45, 7) is 4.12. The van der Waals surface area contributed by atoms with Gasteiger partial charge >= 0.3 is 5.97 Å². The Bertz CT molecular complexity index is 1190. The van der Waals surface area contributed by atoms with Gasteiger partial charge in [-0.3, -0.25) is 4.79 Å². The molecule has 0 spiro atoms. The lowest BCUT2D eigenvalue weighted by molar-refractivity contribution is -0.120. The standard InChI is InChI=1S/C22H25N3O5S4/c1-4-30-22(27)19-14(2)18(32-13-23)21(33-19)24-20(26)15-9-11-25(12-10-15)34(28,29)17-7-5-16(31-3)6-8-17/h5-8,15H,4,9-12H2,1-3H3,(H,24,26). The second-order valence-corrected chi connectivity index (χ2v) is 12.1. The molecule has 1 aliphatic rings. The number of rotatable bonds is 8. The summed E-state index contributed by atoms with van der Waals surface area (Å²) >= 11 is 3.51. The van der Waals surface area contributed by atoms with Crippen LogP contribution in [0.1, 0.15) is 35.0 Å². The smallest absolute Gasteiger partial charge is 0.348 e. The summed E-state index contributed by atoms with van der Waals surface area (Å²) in [7, 11) is -3.62. The molecule has 2 heterocycles. The lowest BCUT2D eigenvalue weighted by Crippen LogP contribution is -2.41. The fourth-order valence-electron chi connectivity index (χ4n) is 3.61. The van der Waals surface area contributed by atoms with Crippen LogP contribution in [0, 0.1) is 23.5 Å². The van der Waals surface area contributed by atoms with Crippen LogP contribution in [0.3, 0.4) is 0 Å². The van der Waals surface area contributed by atoms with E-state index in [1.807, 2.05) is 11.7 Å². The number of piperidine rings is 1. The Hall–Kier alpha value is -2.04. The van der Waals surface area contributed by atoms with Crippen molar-refractivity contribution < 1.29 is 22.7 Å². The molecule has 1 N–H and O–H groups in total. The first-order valence-electron chi connectivity index (χ1n) is 10.5. The highest BCUT2D eigenvalue weighted by Crippen LogP contribution is 2.40. The number of thioether (sulfide) groups is 2. The van der Waals surface area contributed by atoms with E-state index in [-0.39, 0.29) is 36.4 Å². The second-order valence-electron chi connectivity index (χ2n) is 7.47. The van der Waals surface area contributed by atoms with E-state index in [9.17, 15) is 18.0 Å². The molecule has 12 heteroatoms. The largest absolute Gasteiger partial charge is 0.462 e. The number of carbonyl (C=O) groups excluding carboxylic acids is 2. The van der Waals surface area contributed by atoms with Crippen LogP contribution in [-0.2, 0) is 19.6 Å². The van der Waals surface area contributed by atoms with Gasteiger partial charge in [0.2, 0.25) is 15.9 Å².